The second-order valence-electron chi connectivity index (χ2n) is 6.69. The number of piperazine rings is 1. The highest BCUT2D eigenvalue weighted by Crippen LogP contribution is 2.32. The van der Waals surface area contributed by atoms with Gasteiger partial charge in [-0.05, 0) is 26.3 Å². The van der Waals surface area contributed by atoms with Gasteiger partial charge in [-0.25, -0.2) is 0 Å². The number of hydrogen-bond donors (Lipinski definition) is 1. The number of aromatic nitrogens is 1. The third kappa shape index (κ3) is 3.03. The molecule has 0 aliphatic carbocycles. The van der Waals surface area contributed by atoms with Crippen molar-refractivity contribution >= 4 is 11.3 Å². The molecule has 1 aliphatic rings. The molecular formula is C17H23N3S. The summed E-state index contributed by atoms with van der Waals surface area (Å²) in [5.74, 6) is 0. The van der Waals surface area contributed by atoms with Gasteiger partial charge in [0.25, 0.3) is 0 Å². The topological polar surface area (TPSA) is 28.2 Å². The summed E-state index contributed by atoms with van der Waals surface area (Å²) in [7, 11) is 0. The summed E-state index contributed by atoms with van der Waals surface area (Å²) in [4.78, 5) is 8.11. The molecule has 1 fully saturated rings. The Hall–Kier alpha value is -1.23. The lowest BCUT2D eigenvalue weighted by atomic mass is 9.85. The van der Waals surface area contributed by atoms with Gasteiger partial charge in [0.1, 0.15) is 0 Å². The Morgan fingerprint density at radius 2 is 2.00 bits per heavy atom. The third-order valence-electron chi connectivity index (χ3n) is 4.52. The molecule has 2 heterocycles. The highest BCUT2D eigenvalue weighted by atomic mass is 32.1. The molecule has 0 spiro atoms. The number of nitrogens with one attached hydrogen (secondary N) is 1. The van der Waals surface area contributed by atoms with Crippen LogP contribution in [0, 0.1) is 0 Å². The van der Waals surface area contributed by atoms with Gasteiger partial charge in [0, 0.05) is 36.2 Å². The Kier molecular flexibility index (Phi) is 3.86. The van der Waals surface area contributed by atoms with E-state index in [1.807, 2.05) is 11.7 Å². The number of benzene rings is 1. The predicted molar refractivity (Wildman–Crippen MR) is 88.4 cm³/mol. The average molecular weight is 301 g/mol. The summed E-state index contributed by atoms with van der Waals surface area (Å²) >= 11 is 1.74. The van der Waals surface area contributed by atoms with Gasteiger partial charge >= 0.3 is 0 Å². The van der Waals surface area contributed by atoms with Gasteiger partial charge in [0.05, 0.1) is 11.0 Å². The molecule has 1 atom stereocenters. The number of nitrogens with zero attached hydrogens (tertiary/aromatic N) is 2. The first-order chi connectivity index (χ1) is 10.00. The minimum Gasteiger partial charge on any atom is -0.305 e. The molecule has 3 nitrogen and oxygen atoms in total. The minimum absolute atomic E-state index is 0.00146. The van der Waals surface area contributed by atoms with Crippen molar-refractivity contribution in [2.45, 2.75) is 38.4 Å². The van der Waals surface area contributed by atoms with Crippen LogP contribution in [-0.2, 0) is 12.1 Å². The fourth-order valence-electron chi connectivity index (χ4n) is 2.95. The van der Waals surface area contributed by atoms with E-state index in [4.69, 9.17) is 0 Å². The molecule has 0 amide bonds. The maximum Gasteiger partial charge on any atom is 0.0794 e. The lowest BCUT2D eigenvalue weighted by molar-refractivity contribution is 0.0253. The van der Waals surface area contributed by atoms with E-state index in [-0.39, 0.29) is 11.1 Å². The van der Waals surface area contributed by atoms with Crippen LogP contribution in [0.15, 0.2) is 42.0 Å². The fourth-order valence-corrected chi connectivity index (χ4v) is 3.56. The molecule has 0 radical (unpaired) electrons. The third-order valence-corrected chi connectivity index (χ3v) is 5.28. The minimum atomic E-state index is 0.00146. The molecule has 1 aromatic carbocycles. The van der Waals surface area contributed by atoms with Crippen LogP contribution in [-0.4, -0.2) is 28.5 Å². The first-order valence-corrected chi connectivity index (χ1v) is 8.31. The Balaban J connectivity index is 1.84. The standard InChI is InChI=1S/C17H23N3S/c1-16(2)11-19-17(3,14-7-5-4-6-8-14)12-20(16)10-15-9-18-13-21-15/h4-9,13,19H,10-12H2,1-3H3. The molecule has 112 valence electrons. The summed E-state index contributed by atoms with van der Waals surface area (Å²) in [6, 6.07) is 10.8. The molecule has 1 N–H and O–H groups in total. The van der Waals surface area contributed by atoms with E-state index in [1.165, 1.54) is 10.4 Å². The second kappa shape index (κ2) is 5.52. The van der Waals surface area contributed by atoms with Gasteiger partial charge in [-0.3, -0.25) is 9.88 Å². The van der Waals surface area contributed by atoms with Crippen LogP contribution in [0.25, 0.3) is 0 Å². The molecule has 2 aromatic rings. The molecule has 1 unspecified atom stereocenters. The number of thiazole rings is 1. The summed E-state index contributed by atoms with van der Waals surface area (Å²) in [5, 5.41) is 3.76. The van der Waals surface area contributed by atoms with Crippen molar-refractivity contribution in [1.82, 2.24) is 15.2 Å². The van der Waals surface area contributed by atoms with Crippen LogP contribution in [0.1, 0.15) is 31.2 Å². The zero-order valence-electron chi connectivity index (χ0n) is 13.0. The van der Waals surface area contributed by atoms with Gasteiger partial charge in [-0.15, -0.1) is 11.3 Å². The number of rotatable bonds is 3. The van der Waals surface area contributed by atoms with Crippen molar-refractivity contribution in [1.29, 1.82) is 0 Å². The highest BCUT2D eigenvalue weighted by Gasteiger charge is 2.40. The molecule has 0 saturated carbocycles. The molecule has 0 bridgehead atoms. The molecule has 1 aromatic heterocycles. The Labute approximate surface area is 131 Å². The van der Waals surface area contributed by atoms with Crippen molar-refractivity contribution in [3.8, 4) is 0 Å². The molecule has 1 aliphatic heterocycles. The maximum atomic E-state index is 4.21. The maximum absolute atomic E-state index is 4.21. The van der Waals surface area contributed by atoms with E-state index in [0.717, 1.165) is 19.6 Å². The first kappa shape index (κ1) is 14.7. The second-order valence-corrected chi connectivity index (χ2v) is 7.66. The van der Waals surface area contributed by atoms with Crippen molar-refractivity contribution < 1.29 is 0 Å². The zero-order valence-corrected chi connectivity index (χ0v) is 13.8. The van der Waals surface area contributed by atoms with Crippen molar-refractivity contribution in [3.63, 3.8) is 0 Å². The predicted octanol–water partition coefficient (Wildman–Crippen LogP) is 3.24. The highest BCUT2D eigenvalue weighted by molar-refractivity contribution is 7.09. The largest absolute Gasteiger partial charge is 0.305 e. The summed E-state index contributed by atoms with van der Waals surface area (Å²) in [6.45, 7) is 9.88. The number of hydrogen-bond acceptors (Lipinski definition) is 4. The lowest BCUT2D eigenvalue weighted by Gasteiger charge is -2.51. The zero-order chi connectivity index (χ0) is 14.9. The molecular weight excluding hydrogens is 278 g/mol. The van der Waals surface area contributed by atoms with E-state index >= 15 is 0 Å². The lowest BCUT2D eigenvalue weighted by Crippen LogP contribution is -2.65. The van der Waals surface area contributed by atoms with Crippen molar-refractivity contribution in [2.24, 2.45) is 0 Å². The van der Waals surface area contributed by atoms with Crippen LogP contribution < -0.4 is 5.32 Å². The quantitative estimate of drug-likeness (QED) is 0.943. The Morgan fingerprint density at radius 1 is 1.24 bits per heavy atom. The van der Waals surface area contributed by atoms with Gasteiger partial charge in [-0.1, -0.05) is 30.3 Å². The first-order valence-electron chi connectivity index (χ1n) is 7.43. The summed E-state index contributed by atoms with van der Waals surface area (Å²) < 4.78 is 0. The Morgan fingerprint density at radius 3 is 2.67 bits per heavy atom. The van der Waals surface area contributed by atoms with E-state index in [0.29, 0.717) is 0 Å². The normalized spacial score (nSPS) is 25.9. The van der Waals surface area contributed by atoms with E-state index in [1.54, 1.807) is 11.3 Å². The van der Waals surface area contributed by atoms with Gasteiger partial charge in [0.2, 0.25) is 0 Å². The van der Waals surface area contributed by atoms with Crippen molar-refractivity contribution in [3.05, 3.63) is 52.5 Å². The molecule has 4 heteroatoms. The molecule has 1 saturated heterocycles. The summed E-state index contributed by atoms with van der Waals surface area (Å²) in [5.41, 5.74) is 3.43. The summed E-state index contributed by atoms with van der Waals surface area (Å²) in [6.07, 6.45) is 1.99. The van der Waals surface area contributed by atoms with Crippen LogP contribution in [0.2, 0.25) is 0 Å². The van der Waals surface area contributed by atoms with Crippen molar-refractivity contribution in [2.75, 3.05) is 13.1 Å². The van der Waals surface area contributed by atoms with Crippen LogP contribution >= 0.6 is 11.3 Å². The van der Waals surface area contributed by atoms with E-state index in [9.17, 15) is 0 Å². The van der Waals surface area contributed by atoms with Crippen LogP contribution in [0.5, 0.6) is 0 Å². The monoisotopic (exact) mass is 301 g/mol. The SMILES string of the molecule is CC1(c2ccccc2)CN(Cc2cncs2)C(C)(C)CN1. The fraction of sp³-hybridized carbons (Fsp3) is 0.471. The smallest absolute Gasteiger partial charge is 0.0794 e. The average Bonchev–Trinajstić information content (AvgIpc) is 2.98. The van der Waals surface area contributed by atoms with Gasteiger partial charge in [-0.2, -0.15) is 0 Å². The van der Waals surface area contributed by atoms with Crippen LogP contribution in [0.3, 0.4) is 0 Å². The van der Waals surface area contributed by atoms with E-state index in [2.05, 4.69) is 66.3 Å². The van der Waals surface area contributed by atoms with Gasteiger partial charge in [0.15, 0.2) is 0 Å². The van der Waals surface area contributed by atoms with Gasteiger partial charge < -0.3 is 5.32 Å². The van der Waals surface area contributed by atoms with E-state index < -0.39 is 0 Å². The Bertz CT molecular complexity index is 579. The molecule has 3 rings (SSSR count). The van der Waals surface area contributed by atoms with Crippen LogP contribution in [0.4, 0.5) is 0 Å². The molecule has 21 heavy (non-hydrogen) atoms.